The fourth-order valence-corrected chi connectivity index (χ4v) is 3.10. The molecular formula is C19H12BrCl2NO3. The predicted molar refractivity (Wildman–Crippen MR) is 105 cm³/mol. The van der Waals surface area contributed by atoms with E-state index in [0.717, 1.165) is 11.1 Å². The SMILES string of the molecule is COC(=O)c1cc(Oc2ccc(Br)nc2)cc(-c2cc(Cl)cc(Cl)c2)c1. The van der Waals surface area contributed by atoms with Crippen LogP contribution in [0.15, 0.2) is 59.3 Å². The number of esters is 1. The number of hydrogen-bond acceptors (Lipinski definition) is 4. The van der Waals surface area contributed by atoms with Crippen LogP contribution in [0, 0.1) is 0 Å². The third-order valence-electron chi connectivity index (χ3n) is 3.46. The van der Waals surface area contributed by atoms with Crippen molar-refractivity contribution in [3.05, 3.63) is 74.9 Å². The van der Waals surface area contributed by atoms with Gasteiger partial charge < -0.3 is 9.47 Å². The highest BCUT2D eigenvalue weighted by Gasteiger charge is 2.12. The van der Waals surface area contributed by atoms with Crippen molar-refractivity contribution in [3.8, 4) is 22.6 Å². The molecule has 0 aliphatic heterocycles. The van der Waals surface area contributed by atoms with E-state index < -0.39 is 5.97 Å². The number of methoxy groups -OCH3 is 1. The first-order valence-corrected chi connectivity index (χ1v) is 8.99. The normalized spacial score (nSPS) is 10.5. The number of rotatable bonds is 4. The minimum absolute atomic E-state index is 0.348. The van der Waals surface area contributed by atoms with Gasteiger partial charge in [0.25, 0.3) is 0 Å². The van der Waals surface area contributed by atoms with Gasteiger partial charge in [-0.3, -0.25) is 0 Å². The molecule has 4 nitrogen and oxygen atoms in total. The van der Waals surface area contributed by atoms with Gasteiger partial charge >= 0.3 is 5.97 Å². The van der Waals surface area contributed by atoms with Crippen LogP contribution in [0.3, 0.4) is 0 Å². The van der Waals surface area contributed by atoms with Gasteiger partial charge in [0.15, 0.2) is 0 Å². The number of carbonyl (C=O) groups is 1. The van der Waals surface area contributed by atoms with Crippen LogP contribution in [0.1, 0.15) is 10.4 Å². The van der Waals surface area contributed by atoms with E-state index in [1.807, 2.05) is 0 Å². The summed E-state index contributed by atoms with van der Waals surface area (Å²) in [7, 11) is 1.32. The Labute approximate surface area is 168 Å². The molecule has 3 rings (SSSR count). The van der Waals surface area contributed by atoms with E-state index in [1.54, 1.807) is 54.7 Å². The smallest absolute Gasteiger partial charge is 0.338 e. The molecule has 132 valence electrons. The summed E-state index contributed by atoms with van der Waals surface area (Å²) < 4.78 is 11.4. The van der Waals surface area contributed by atoms with Crippen LogP contribution in [0.2, 0.25) is 10.0 Å². The number of halogens is 3. The highest BCUT2D eigenvalue weighted by Crippen LogP contribution is 2.32. The Morgan fingerprint density at radius 1 is 0.962 bits per heavy atom. The van der Waals surface area contributed by atoms with Gasteiger partial charge in [-0.05, 0) is 75.6 Å². The third kappa shape index (κ3) is 4.55. The van der Waals surface area contributed by atoms with Crippen molar-refractivity contribution in [2.24, 2.45) is 0 Å². The molecule has 3 aromatic rings. The number of hydrogen-bond donors (Lipinski definition) is 0. The largest absolute Gasteiger partial charge is 0.465 e. The Morgan fingerprint density at radius 2 is 1.65 bits per heavy atom. The summed E-state index contributed by atoms with van der Waals surface area (Å²) in [4.78, 5) is 16.1. The lowest BCUT2D eigenvalue weighted by Crippen LogP contribution is -2.02. The molecule has 0 saturated carbocycles. The average molecular weight is 453 g/mol. The average Bonchev–Trinajstić information content (AvgIpc) is 2.62. The summed E-state index contributed by atoms with van der Waals surface area (Å²) in [5.74, 6) is 0.521. The molecule has 0 aliphatic carbocycles. The summed E-state index contributed by atoms with van der Waals surface area (Å²) in [6.45, 7) is 0. The molecule has 0 saturated heterocycles. The Kier molecular flexibility index (Phi) is 5.81. The summed E-state index contributed by atoms with van der Waals surface area (Å²) in [6.07, 6.45) is 1.57. The molecular weight excluding hydrogens is 441 g/mol. The summed E-state index contributed by atoms with van der Waals surface area (Å²) in [5, 5.41) is 0.992. The number of carbonyl (C=O) groups excluding carboxylic acids is 1. The Balaban J connectivity index is 2.06. The van der Waals surface area contributed by atoms with Gasteiger partial charge in [-0.1, -0.05) is 23.2 Å². The van der Waals surface area contributed by atoms with Crippen LogP contribution in [0.5, 0.6) is 11.5 Å². The van der Waals surface area contributed by atoms with Crippen LogP contribution in [0.25, 0.3) is 11.1 Å². The zero-order valence-electron chi connectivity index (χ0n) is 13.5. The monoisotopic (exact) mass is 451 g/mol. The molecule has 0 fully saturated rings. The van der Waals surface area contributed by atoms with Gasteiger partial charge in [0.1, 0.15) is 16.1 Å². The molecule has 0 N–H and O–H groups in total. The summed E-state index contributed by atoms with van der Waals surface area (Å²) in [5.41, 5.74) is 1.82. The van der Waals surface area contributed by atoms with Crippen LogP contribution in [0.4, 0.5) is 0 Å². The number of pyridine rings is 1. The maximum Gasteiger partial charge on any atom is 0.338 e. The highest BCUT2D eigenvalue weighted by atomic mass is 79.9. The molecule has 1 aromatic heterocycles. The fraction of sp³-hybridized carbons (Fsp3) is 0.0526. The predicted octanol–water partition coefficient (Wildman–Crippen LogP) is 6.40. The maximum absolute atomic E-state index is 12.0. The number of aromatic nitrogens is 1. The second-order valence-electron chi connectivity index (χ2n) is 5.31. The summed E-state index contributed by atoms with van der Waals surface area (Å²) in [6, 6.07) is 13.8. The minimum atomic E-state index is -0.473. The molecule has 0 unspecified atom stereocenters. The Morgan fingerprint density at radius 3 is 2.27 bits per heavy atom. The van der Waals surface area contributed by atoms with Crippen molar-refractivity contribution in [3.63, 3.8) is 0 Å². The van der Waals surface area contributed by atoms with Crippen molar-refractivity contribution < 1.29 is 14.3 Å². The summed E-state index contributed by atoms with van der Waals surface area (Å²) >= 11 is 15.5. The first kappa shape index (κ1) is 18.7. The van der Waals surface area contributed by atoms with Gasteiger partial charge in [-0.2, -0.15) is 0 Å². The van der Waals surface area contributed by atoms with Gasteiger partial charge in [0, 0.05) is 10.0 Å². The van der Waals surface area contributed by atoms with Gasteiger partial charge in [-0.25, -0.2) is 9.78 Å². The molecule has 1 heterocycles. The molecule has 0 bridgehead atoms. The molecule has 0 radical (unpaired) electrons. The van der Waals surface area contributed by atoms with Crippen molar-refractivity contribution in [1.82, 2.24) is 4.98 Å². The van der Waals surface area contributed by atoms with Crippen LogP contribution in [-0.4, -0.2) is 18.1 Å². The van der Waals surface area contributed by atoms with E-state index in [1.165, 1.54) is 7.11 Å². The minimum Gasteiger partial charge on any atom is -0.465 e. The molecule has 7 heteroatoms. The van der Waals surface area contributed by atoms with E-state index in [-0.39, 0.29) is 0 Å². The maximum atomic E-state index is 12.0. The number of benzene rings is 2. The van der Waals surface area contributed by atoms with E-state index in [4.69, 9.17) is 32.7 Å². The van der Waals surface area contributed by atoms with E-state index >= 15 is 0 Å². The fourth-order valence-electron chi connectivity index (χ4n) is 2.34. The van der Waals surface area contributed by atoms with Crippen LogP contribution >= 0.6 is 39.1 Å². The molecule has 0 amide bonds. The van der Waals surface area contributed by atoms with Crippen molar-refractivity contribution in [2.45, 2.75) is 0 Å². The lowest BCUT2D eigenvalue weighted by atomic mass is 10.0. The second-order valence-corrected chi connectivity index (χ2v) is 7.00. The molecule has 26 heavy (non-hydrogen) atoms. The molecule has 2 aromatic carbocycles. The van der Waals surface area contributed by atoms with Gasteiger partial charge in [-0.15, -0.1) is 0 Å². The number of ether oxygens (including phenoxy) is 2. The molecule has 0 aliphatic rings. The molecule has 0 spiro atoms. The highest BCUT2D eigenvalue weighted by molar-refractivity contribution is 9.10. The van der Waals surface area contributed by atoms with Crippen LogP contribution < -0.4 is 4.74 Å². The second kappa shape index (κ2) is 8.08. The first-order chi connectivity index (χ1) is 12.4. The lowest BCUT2D eigenvalue weighted by molar-refractivity contribution is 0.0600. The lowest BCUT2D eigenvalue weighted by Gasteiger charge is -2.11. The van der Waals surface area contributed by atoms with E-state index in [0.29, 0.717) is 31.7 Å². The van der Waals surface area contributed by atoms with Crippen molar-refractivity contribution >= 4 is 45.1 Å². The van der Waals surface area contributed by atoms with Crippen LogP contribution in [-0.2, 0) is 4.74 Å². The molecule has 0 atom stereocenters. The Bertz CT molecular complexity index is 941. The van der Waals surface area contributed by atoms with Crippen molar-refractivity contribution in [2.75, 3.05) is 7.11 Å². The van der Waals surface area contributed by atoms with Gasteiger partial charge in [0.05, 0.1) is 18.9 Å². The number of nitrogens with zero attached hydrogens (tertiary/aromatic N) is 1. The van der Waals surface area contributed by atoms with Crippen molar-refractivity contribution in [1.29, 1.82) is 0 Å². The Hall–Kier alpha value is -2.08. The van der Waals surface area contributed by atoms with E-state index in [2.05, 4.69) is 20.9 Å². The van der Waals surface area contributed by atoms with E-state index in [9.17, 15) is 4.79 Å². The zero-order chi connectivity index (χ0) is 18.7. The first-order valence-electron chi connectivity index (χ1n) is 7.44. The third-order valence-corrected chi connectivity index (χ3v) is 4.36. The quantitative estimate of drug-likeness (QED) is 0.339. The standard InChI is InChI=1S/C19H12BrCl2NO3/c1-25-19(24)13-4-11(12-5-14(21)9-15(22)6-12)7-17(8-13)26-16-2-3-18(20)23-10-16/h2-10H,1H3. The van der Waals surface area contributed by atoms with Gasteiger partial charge in [0.2, 0.25) is 0 Å². The zero-order valence-corrected chi connectivity index (χ0v) is 16.6. The topological polar surface area (TPSA) is 48.4 Å².